The third-order valence-electron chi connectivity index (χ3n) is 3.42. The van der Waals surface area contributed by atoms with Crippen LogP contribution in [0.4, 0.5) is 11.4 Å². The molecule has 2 N–H and O–H groups in total. The highest BCUT2D eigenvalue weighted by atomic mass is 32.2. The summed E-state index contributed by atoms with van der Waals surface area (Å²) in [5.41, 5.74) is 0.0540. The summed E-state index contributed by atoms with van der Waals surface area (Å²) in [6.45, 7) is 0. The Morgan fingerprint density at radius 1 is 1.00 bits per heavy atom. The fraction of sp³-hybridized carbons (Fsp3) is 0.125. The summed E-state index contributed by atoms with van der Waals surface area (Å²) in [4.78, 5) is 33.7. The average molecular weight is 377 g/mol. The van der Waals surface area contributed by atoms with E-state index >= 15 is 0 Å². The summed E-state index contributed by atoms with van der Waals surface area (Å²) >= 11 is 0. The second-order valence-electron chi connectivity index (χ2n) is 5.36. The largest absolute Gasteiger partial charge is 0.355 e. The van der Waals surface area contributed by atoms with Gasteiger partial charge in [0.05, 0.1) is 9.82 Å². The lowest BCUT2D eigenvalue weighted by atomic mass is 10.1. The number of nitro groups is 1. The molecule has 0 aromatic heterocycles. The van der Waals surface area contributed by atoms with Gasteiger partial charge in [-0.1, -0.05) is 0 Å². The van der Waals surface area contributed by atoms with E-state index in [0.717, 1.165) is 24.5 Å². The zero-order valence-electron chi connectivity index (χ0n) is 13.8. The van der Waals surface area contributed by atoms with Gasteiger partial charge in [0.1, 0.15) is 0 Å². The van der Waals surface area contributed by atoms with Crippen LogP contribution in [0.15, 0.2) is 47.4 Å². The van der Waals surface area contributed by atoms with Crippen LogP contribution in [0.5, 0.6) is 0 Å². The number of carbonyl (C=O) groups is 2. The van der Waals surface area contributed by atoms with E-state index in [1.165, 1.54) is 31.3 Å². The van der Waals surface area contributed by atoms with Crippen molar-refractivity contribution in [2.24, 2.45) is 0 Å². The molecule has 9 nitrogen and oxygen atoms in total. The fourth-order valence-electron chi connectivity index (χ4n) is 2.09. The number of rotatable bonds is 5. The molecule has 0 aliphatic carbocycles. The third-order valence-corrected chi connectivity index (χ3v) is 4.52. The Kier molecular flexibility index (Phi) is 5.36. The van der Waals surface area contributed by atoms with Crippen LogP contribution in [0.2, 0.25) is 0 Å². The fourth-order valence-corrected chi connectivity index (χ4v) is 2.76. The number of benzene rings is 2. The Balaban J connectivity index is 2.33. The molecule has 0 bridgehead atoms. The molecular formula is C16H15N3O6S. The molecule has 0 radical (unpaired) electrons. The van der Waals surface area contributed by atoms with E-state index in [4.69, 9.17) is 0 Å². The predicted octanol–water partition coefficient (Wildman–Crippen LogP) is 1.61. The van der Waals surface area contributed by atoms with Crippen LogP contribution in [0.1, 0.15) is 20.7 Å². The molecule has 0 spiro atoms. The van der Waals surface area contributed by atoms with E-state index < -0.39 is 26.4 Å². The van der Waals surface area contributed by atoms with Gasteiger partial charge in [0.25, 0.3) is 17.5 Å². The lowest BCUT2D eigenvalue weighted by Crippen LogP contribution is -2.18. The van der Waals surface area contributed by atoms with Gasteiger partial charge in [-0.25, -0.2) is 8.42 Å². The average Bonchev–Trinajstić information content (AvgIpc) is 2.60. The van der Waals surface area contributed by atoms with E-state index in [1.54, 1.807) is 0 Å². The normalized spacial score (nSPS) is 10.8. The third kappa shape index (κ3) is 4.42. The first kappa shape index (κ1) is 19.1. The monoisotopic (exact) mass is 377 g/mol. The van der Waals surface area contributed by atoms with Crippen molar-refractivity contribution in [2.45, 2.75) is 4.90 Å². The number of non-ortho nitro benzene ring substituents is 1. The van der Waals surface area contributed by atoms with Gasteiger partial charge in [-0.3, -0.25) is 19.7 Å². The number of nitrogens with one attached hydrogen (secondary N) is 2. The van der Waals surface area contributed by atoms with E-state index in [-0.39, 0.29) is 16.4 Å². The van der Waals surface area contributed by atoms with Crippen molar-refractivity contribution >= 4 is 33.0 Å². The minimum atomic E-state index is -3.73. The maximum Gasteiger partial charge on any atom is 0.271 e. The van der Waals surface area contributed by atoms with Crippen LogP contribution >= 0.6 is 0 Å². The number of sulfone groups is 1. The van der Waals surface area contributed by atoms with E-state index in [1.807, 2.05) is 0 Å². The zero-order valence-corrected chi connectivity index (χ0v) is 14.7. The molecule has 10 heteroatoms. The number of anilines is 1. The summed E-state index contributed by atoms with van der Waals surface area (Å²) in [7, 11) is -2.25. The van der Waals surface area contributed by atoms with Crippen molar-refractivity contribution in [1.82, 2.24) is 5.32 Å². The minimum Gasteiger partial charge on any atom is -0.355 e. The molecule has 0 unspecified atom stereocenters. The summed E-state index contributed by atoms with van der Waals surface area (Å²) in [6.07, 6.45) is 0.894. The number of nitro benzene ring substituents is 1. The molecule has 0 saturated heterocycles. The predicted molar refractivity (Wildman–Crippen MR) is 94.0 cm³/mol. The first-order valence-corrected chi connectivity index (χ1v) is 9.14. The van der Waals surface area contributed by atoms with Crippen LogP contribution < -0.4 is 10.6 Å². The summed E-state index contributed by atoms with van der Waals surface area (Å²) in [6, 6.07) is 8.89. The molecular weight excluding hydrogens is 362 g/mol. The van der Waals surface area contributed by atoms with Crippen LogP contribution in [-0.4, -0.2) is 38.5 Å². The summed E-state index contributed by atoms with van der Waals surface area (Å²) in [5.74, 6) is -1.01. The molecule has 26 heavy (non-hydrogen) atoms. The van der Waals surface area contributed by atoms with Gasteiger partial charge in [0.15, 0.2) is 9.84 Å². The Bertz CT molecular complexity index is 984. The first-order chi connectivity index (χ1) is 12.1. The SMILES string of the molecule is CNC(=O)c1ccc(NC(=O)c2cc([N+](=O)[O-])cc(S(C)(=O)=O)c2)cc1. The van der Waals surface area contributed by atoms with Gasteiger partial charge in [-0.15, -0.1) is 0 Å². The van der Waals surface area contributed by atoms with Crippen LogP contribution in [-0.2, 0) is 9.84 Å². The van der Waals surface area contributed by atoms with E-state index in [2.05, 4.69) is 10.6 Å². The molecule has 0 fully saturated rings. The van der Waals surface area contributed by atoms with Gasteiger partial charge in [0, 0.05) is 42.3 Å². The van der Waals surface area contributed by atoms with Gasteiger partial charge in [-0.2, -0.15) is 0 Å². The molecule has 0 saturated carbocycles. The number of amides is 2. The smallest absolute Gasteiger partial charge is 0.271 e. The van der Waals surface area contributed by atoms with Crippen LogP contribution in [0.3, 0.4) is 0 Å². The van der Waals surface area contributed by atoms with Crippen molar-refractivity contribution in [3.8, 4) is 0 Å². The van der Waals surface area contributed by atoms with Crippen molar-refractivity contribution in [2.75, 3.05) is 18.6 Å². The van der Waals surface area contributed by atoms with Crippen molar-refractivity contribution in [1.29, 1.82) is 0 Å². The number of hydrogen-bond acceptors (Lipinski definition) is 6. The van der Waals surface area contributed by atoms with Gasteiger partial charge in [-0.05, 0) is 30.3 Å². The minimum absolute atomic E-state index is 0.171. The highest BCUT2D eigenvalue weighted by Gasteiger charge is 2.19. The second-order valence-corrected chi connectivity index (χ2v) is 7.37. The molecule has 2 rings (SSSR count). The van der Waals surface area contributed by atoms with E-state index in [0.29, 0.717) is 11.3 Å². The van der Waals surface area contributed by atoms with Crippen molar-refractivity contribution < 1.29 is 22.9 Å². The van der Waals surface area contributed by atoms with Gasteiger partial charge < -0.3 is 10.6 Å². The maximum absolute atomic E-state index is 12.3. The summed E-state index contributed by atoms with van der Waals surface area (Å²) < 4.78 is 23.4. The Morgan fingerprint density at radius 2 is 1.62 bits per heavy atom. The van der Waals surface area contributed by atoms with Crippen LogP contribution in [0.25, 0.3) is 0 Å². The molecule has 2 aromatic carbocycles. The molecule has 2 amide bonds. The second kappa shape index (κ2) is 7.31. The van der Waals surface area contributed by atoms with Crippen molar-refractivity contribution in [3.63, 3.8) is 0 Å². The quantitative estimate of drug-likeness (QED) is 0.600. The highest BCUT2D eigenvalue weighted by Crippen LogP contribution is 2.22. The molecule has 0 heterocycles. The molecule has 0 aliphatic heterocycles. The van der Waals surface area contributed by atoms with Crippen molar-refractivity contribution in [3.05, 3.63) is 63.7 Å². The lowest BCUT2D eigenvalue weighted by Gasteiger charge is -2.08. The Labute approximate surface area is 149 Å². The van der Waals surface area contributed by atoms with Gasteiger partial charge in [0.2, 0.25) is 0 Å². The Morgan fingerprint density at radius 3 is 2.12 bits per heavy atom. The number of nitrogens with zero attached hydrogens (tertiary/aromatic N) is 1. The number of carbonyl (C=O) groups excluding carboxylic acids is 2. The zero-order chi connectivity index (χ0) is 19.5. The maximum atomic E-state index is 12.3. The Hall–Kier alpha value is -3.27. The number of hydrogen-bond donors (Lipinski definition) is 2. The lowest BCUT2D eigenvalue weighted by molar-refractivity contribution is -0.385. The first-order valence-electron chi connectivity index (χ1n) is 7.25. The standard InChI is InChI=1S/C16H15N3O6S/c1-17-15(20)10-3-5-12(6-4-10)18-16(21)11-7-13(19(22)23)9-14(8-11)26(2,24)25/h3-9H,1-2H3,(H,17,20)(H,18,21). The molecule has 0 aliphatic rings. The van der Waals surface area contributed by atoms with E-state index in [9.17, 15) is 28.1 Å². The van der Waals surface area contributed by atoms with Crippen LogP contribution in [0, 0.1) is 10.1 Å². The molecule has 2 aromatic rings. The molecule has 0 atom stereocenters. The highest BCUT2D eigenvalue weighted by molar-refractivity contribution is 7.90. The topological polar surface area (TPSA) is 135 Å². The molecule has 136 valence electrons. The van der Waals surface area contributed by atoms with Gasteiger partial charge >= 0.3 is 0 Å². The summed E-state index contributed by atoms with van der Waals surface area (Å²) in [5, 5.41) is 15.9.